The number of thioether (sulfide) groups is 1. The molecule has 2 aromatic rings. The molecule has 1 amide bonds. The van der Waals surface area contributed by atoms with Crippen molar-refractivity contribution >= 4 is 17.7 Å². The molecule has 4 nitrogen and oxygen atoms in total. The third-order valence-electron chi connectivity index (χ3n) is 3.85. The van der Waals surface area contributed by atoms with Gasteiger partial charge in [0.2, 0.25) is 5.91 Å². The lowest BCUT2D eigenvalue weighted by Crippen LogP contribution is -2.27. The number of aromatic nitrogens is 1. The molecule has 0 atom stereocenters. The van der Waals surface area contributed by atoms with Gasteiger partial charge in [-0.15, -0.1) is 11.8 Å². The van der Waals surface area contributed by atoms with E-state index >= 15 is 0 Å². The molecular weight excluding hydrogens is 284 g/mol. The van der Waals surface area contributed by atoms with Gasteiger partial charge in [0.1, 0.15) is 5.76 Å². The highest BCUT2D eigenvalue weighted by molar-refractivity contribution is 7.99. The first kappa shape index (κ1) is 14.2. The maximum atomic E-state index is 12.3. The average Bonchev–Trinajstić information content (AvgIpc) is 3.04. The summed E-state index contributed by atoms with van der Waals surface area (Å²) < 4.78 is 5.14. The third kappa shape index (κ3) is 2.97. The van der Waals surface area contributed by atoms with E-state index in [1.54, 1.807) is 11.8 Å². The Bertz CT molecular complexity index is 622. The molecule has 0 N–H and O–H groups in total. The summed E-state index contributed by atoms with van der Waals surface area (Å²) >= 11 is 1.62. The minimum atomic E-state index is 0.197. The van der Waals surface area contributed by atoms with Gasteiger partial charge in [0.15, 0.2) is 0 Å². The topological polar surface area (TPSA) is 46.3 Å². The molecule has 0 bridgehead atoms. The summed E-state index contributed by atoms with van der Waals surface area (Å²) in [6.45, 7) is 5.32. The maximum Gasteiger partial charge on any atom is 0.233 e. The quantitative estimate of drug-likeness (QED) is 0.871. The number of hydrogen-bond donors (Lipinski definition) is 0. The lowest BCUT2D eigenvalue weighted by Gasteiger charge is -2.15. The van der Waals surface area contributed by atoms with Crippen LogP contribution in [0.4, 0.5) is 0 Å². The second-order valence-corrected chi connectivity index (χ2v) is 6.30. The van der Waals surface area contributed by atoms with E-state index in [9.17, 15) is 4.79 Å². The van der Waals surface area contributed by atoms with Crippen molar-refractivity contribution in [2.45, 2.75) is 32.7 Å². The molecular formula is C16H18N2O2S. The zero-order valence-corrected chi connectivity index (χ0v) is 13.1. The second-order valence-electron chi connectivity index (χ2n) is 5.31. The number of benzene rings is 1. The van der Waals surface area contributed by atoms with Crippen LogP contribution in [0.5, 0.6) is 0 Å². The molecule has 0 saturated heterocycles. The summed E-state index contributed by atoms with van der Waals surface area (Å²) in [7, 11) is 0. The van der Waals surface area contributed by atoms with Gasteiger partial charge in [0, 0.05) is 24.4 Å². The molecule has 0 aliphatic carbocycles. The number of amides is 1. The van der Waals surface area contributed by atoms with Crippen LogP contribution in [0.2, 0.25) is 0 Å². The van der Waals surface area contributed by atoms with Crippen LogP contribution in [0.25, 0.3) is 0 Å². The normalized spacial score (nSPS) is 13.5. The molecule has 21 heavy (non-hydrogen) atoms. The van der Waals surface area contributed by atoms with Gasteiger partial charge in [-0.05, 0) is 25.0 Å². The van der Waals surface area contributed by atoms with Crippen molar-refractivity contribution in [1.82, 2.24) is 10.1 Å². The minimum absolute atomic E-state index is 0.197. The standard InChI is InChI=1S/C16H18N2O2S/c1-11-15(12(2)20-17-11)9-21-10-16(19)18-7-13-5-3-4-6-14(13)8-18/h3-6H,7-10H2,1-2H3. The van der Waals surface area contributed by atoms with E-state index in [0.717, 1.165) is 35.9 Å². The first-order valence-corrected chi connectivity index (χ1v) is 8.14. The lowest BCUT2D eigenvalue weighted by atomic mass is 10.1. The molecule has 0 spiro atoms. The summed E-state index contributed by atoms with van der Waals surface area (Å²) in [6.07, 6.45) is 0. The van der Waals surface area contributed by atoms with E-state index < -0.39 is 0 Å². The molecule has 0 saturated carbocycles. The van der Waals surface area contributed by atoms with Crippen molar-refractivity contribution in [3.8, 4) is 0 Å². The lowest BCUT2D eigenvalue weighted by molar-refractivity contribution is -0.128. The highest BCUT2D eigenvalue weighted by atomic mass is 32.2. The van der Waals surface area contributed by atoms with Crippen molar-refractivity contribution in [1.29, 1.82) is 0 Å². The van der Waals surface area contributed by atoms with Crippen LogP contribution >= 0.6 is 11.8 Å². The minimum Gasteiger partial charge on any atom is -0.361 e. The Hall–Kier alpha value is -1.75. The summed E-state index contributed by atoms with van der Waals surface area (Å²) in [5, 5.41) is 3.93. The van der Waals surface area contributed by atoms with Crippen LogP contribution in [0.1, 0.15) is 28.1 Å². The number of hydrogen-bond acceptors (Lipinski definition) is 4. The highest BCUT2D eigenvalue weighted by Crippen LogP contribution is 2.24. The highest BCUT2D eigenvalue weighted by Gasteiger charge is 2.22. The number of rotatable bonds is 4. The fraction of sp³-hybridized carbons (Fsp3) is 0.375. The summed E-state index contributed by atoms with van der Waals surface area (Å²) in [6, 6.07) is 8.25. The predicted molar refractivity (Wildman–Crippen MR) is 82.8 cm³/mol. The fourth-order valence-corrected chi connectivity index (χ4v) is 3.62. The second kappa shape index (κ2) is 5.93. The van der Waals surface area contributed by atoms with E-state index in [2.05, 4.69) is 17.3 Å². The van der Waals surface area contributed by atoms with Crippen molar-refractivity contribution < 1.29 is 9.32 Å². The molecule has 3 rings (SSSR count). The molecule has 0 radical (unpaired) electrons. The fourth-order valence-electron chi connectivity index (χ4n) is 2.55. The van der Waals surface area contributed by atoms with Gasteiger partial charge in [-0.3, -0.25) is 4.79 Å². The monoisotopic (exact) mass is 302 g/mol. The average molecular weight is 302 g/mol. The number of carbonyl (C=O) groups excluding carboxylic acids is 1. The van der Waals surface area contributed by atoms with E-state index in [1.165, 1.54) is 11.1 Å². The Morgan fingerprint density at radius 2 is 1.95 bits per heavy atom. The smallest absolute Gasteiger partial charge is 0.233 e. The van der Waals surface area contributed by atoms with Crippen molar-refractivity contribution in [2.75, 3.05) is 5.75 Å². The van der Waals surface area contributed by atoms with Crippen LogP contribution in [0.3, 0.4) is 0 Å². The molecule has 2 heterocycles. The number of fused-ring (bicyclic) bond motifs is 1. The molecule has 1 aromatic carbocycles. The predicted octanol–water partition coefficient (Wildman–Crippen LogP) is 3.07. The van der Waals surface area contributed by atoms with E-state index in [0.29, 0.717) is 5.75 Å². The maximum absolute atomic E-state index is 12.3. The summed E-state index contributed by atoms with van der Waals surface area (Å²) in [4.78, 5) is 14.2. The molecule has 110 valence electrons. The third-order valence-corrected chi connectivity index (χ3v) is 4.79. The van der Waals surface area contributed by atoms with Crippen LogP contribution < -0.4 is 0 Å². The first-order chi connectivity index (χ1) is 10.1. The van der Waals surface area contributed by atoms with E-state index in [1.807, 2.05) is 30.9 Å². The molecule has 0 unspecified atom stereocenters. The number of carbonyl (C=O) groups is 1. The largest absolute Gasteiger partial charge is 0.361 e. The van der Waals surface area contributed by atoms with Gasteiger partial charge in [-0.1, -0.05) is 29.4 Å². The van der Waals surface area contributed by atoms with Gasteiger partial charge in [-0.2, -0.15) is 0 Å². The SMILES string of the molecule is Cc1noc(C)c1CSCC(=O)N1Cc2ccccc2C1. The van der Waals surface area contributed by atoms with Crippen LogP contribution in [0.15, 0.2) is 28.8 Å². The Kier molecular flexibility index (Phi) is 4.01. The van der Waals surface area contributed by atoms with Crippen LogP contribution in [-0.4, -0.2) is 21.7 Å². The van der Waals surface area contributed by atoms with Gasteiger partial charge < -0.3 is 9.42 Å². The zero-order valence-electron chi connectivity index (χ0n) is 12.3. The molecule has 5 heteroatoms. The number of nitrogens with zero attached hydrogens (tertiary/aromatic N) is 2. The molecule has 1 aromatic heterocycles. The first-order valence-electron chi connectivity index (χ1n) is 6.99. The Morgan fingerprint density at radius 3 is 2.52 bits per heavy atom. The van der Waals surface area contributed by atoms with Crippen molar-refractivity contribution in [3.63, 3.8) is 0 Å². The van der Waals surface area contributed by atoms with E-state index in [-0.39, 0.29) is 5.91 Å². The summed E-state index contributed by atoms with van der Waals surface area (Å²) in [5.74, 6) is 2.31. The van der Waals surface area contributed by atoms with Crippen LogP contribution in [-0.2, 0) is 23.6 Å². The van der Waals surface area contributed by atoms with E-state index in [4.69, 9.17) is 4.52 Å². The Labute approximate surface area is 128 Å². The zero-order chi connectivity index (χ0) is 14.8. The molecule has 1 aliphatic heterocycles. The van der Waals surface area contributed by atoms with Crippen molar-refractivity contribution in [3.05, 3.63) is 52.4 Å². The summed E-state index contributed by atoms with van der Waals surface area (Å²) in [5.41, 5.74) is 4.56. The van der Waals surface area contributed by atoms with Gasteiger partial charge >= 0.3 is 0 Å². The van der Waals surface area contributed by atoms with Crippen molar-refractivity contribution in [2.24, 2.45) is 0 Å². The van der Waals surface area contributed by atoms with Gasteiger partial charge in [0.05, 0.1) is 11.4 Å². The van der Waals surface area contributed by atoms with Crippen LogP contribution in [0, 0.1) is 13.8 Å². The molecule has 0 fully saturated rings. The van der Waals surface area contributed by atoms with Gasteiger partial charge in [0.25, 0.3) is 0 Å². The Morgan fingerprint density at radius 1 is 1.29 bits per heavy atom. The Balaban J connectivity index is 1.52. The number of aryl methyl sites for hydroxylation is 2. The molecule has 1 aliphatic rings. The van der Waals surface area contributed by atoms with Gasteiger partial charge in [-0.25, -0.2) is 0 Å².